The highest BCUT2D eigenvalue weighted by molar-refractivity contribution is 5.93. The third-order valence-corrected chi connectivity index (χ3v) is 5.67. The van der Waals surface area contributed by atoms with E-state index in [4.69, 9.17) is 14.2 Å². The molecule has 0 bridgehead atoms. The first-order valence-electron chi connectivity index (χ1n) is 10.6. The largest absolute Gasteiger partial charge is 0.455 e. The summed E-state index contributed by atoms with van der Waals surface area (Å²) in [6.07, 6.45) is -4.17. The highest BCUT2D eigenvalue weighted by Crippen LogP contribution is 2.38. The highest BCUT2D eigenvalue weighted by atomic mass is 19.4. The number of hydrogen-bond donors (Lipinski definition) is 1. The van der Waals surface area contributed by atoms with Gasteiger partial charge in [0.2, 0.25) is 6.79 Å². The SMILES string of the molecule is O=C(COC(=O)C1CCN(c2ccc(C(F)(F)F)cc2[N+](=O)[O-])CC1)Nc1ccc2c(c1)OCO2. The monoisotopic (exact) mass is 495 g/mol. The number of nitro benzene ring substituents is 1. The average Bonchev–Trinajstić information content (AvgIpc) is 3.29. The Kier molecular flexibility index (Phi) is 6.67. The molecule has 2 aliphatic rings. The fourth-order valence-electron chi connectivity index (χ4n) is 3.90. The second kappa shape index (κ2) is 9.68. The summed E-state index contributed by atoms with van der Waals surface area (Å²) in [6.45, 7) is -0.00201. The van der Waals surface area contributed by atoms with E-state index < -0.39 is 46.8 Å². The fourth-order valence-corrected chi connectivity index (χ4v) is 3.90. The molecule has 1 saturated heterocycles. The molecule has 0 aromatic heterocycles. The van der Waals surface area contributed by atoms with E-state index in [-0.39, 0.29) is 38.4 Å². The first-order valence-corrected chi connectivity index (χ1v) is 10.6. The van der Waals surface area contributed by atoms with Crippen LogP contribution in [0.2, 0.25) is 0 Å². The number of fused-ring (bicyclic) bond motifs is 1. The molecule has 1 amide bonds. The van der Waals surface area contributed by atoms with E-state index in [1.165, 1.54) is 0 Å². The minimum atomic E-state index is -4.70. The second-order valence-corrected chi connectivity index (χ2v) is 7.94. The van der Waals surface area contributed by atoms with Crippen LogP contribution < -0.4 is 19.7 Å². The number of nitrogens with one attached hydrogen (secondary N) is 1. The van der Waals surface area contributed by atoms with Gasteiger partial charge in [-0.15, -0.1) is 0 Å². The van der Waals surface area contributed by atoms with Gasteiger partial charge in [0.05, 0.1) is 16.4 Å². The molecule has 2 aromatic carbocycles. The van der Waals surface area contributed by atoms with Gasteiger partial charge in [-0.25, -0.2) is 0 Å². The number of nitro groups is 1. The van der Waals surface area contributed by atoms with Crippen LogP contribution in [0.25, 0.3) is 0 Å². The maximum absolute atomic E-state index is 12.9. The third-order valence-electron chi connectivity index (χ3n) is 5.67. The predicted molar refractivity (Wildman–Crippen MR) is 115 cm³/mol. The van der Waals surface area contributed by atoms with E-state index >= 15 is 0 Å². The molecular weight excluding hydrogens is 475 g/mol. The minimum Gasteiger partial charge on any atom is -0.455 e. The van der Waals surface area contributed by atoms with Gasteiger partial charge in [0.25, 0.3) is 11.6 Å². The van der Waals surface area contributed by atoms with E-state index in [0.717, 1.165) is 12.1 Å². The van der Waals surface area contributed by atoms with Gasteiger partial charge in [0.1, 0.15) is 5.69 Å². The van der Waals surface area contributed by atoms with Crippen molar-refractivity contribution in [2.75, 3.05) is 36.7 Å². The highest BCUT2D eigenvalue weighted by Gasteiger charge is 2.35. The first-order chi connectivity index (χ1) is 16.6. The summed E-state index contributed by atoms with van der Waals surface area (Å²) in [6, 6.07) is 7.20. The number of piperidine rings is 1. The molecule has 0 radical (unpaired) electrons. The van der Waals surface area contributed by atoms with Crippen molar-refractivity contribution >= 4 is 28.9 Å². The molecule has 2 aromatic rings. The number of rotatable bonds is 6. The lowest BCUT2D eigenvalue weighted by Crippen LogP contribution is -2.37. The van der Waals surface area contributed by atoms with Gasteiger partial charge in [-0.2, -0.15) is 13.2 Å². The number of halogens is 3. The number of alkyl halides is 3. The van der Waals surface area contributed by atoms with E-state index in [1.807, 2.05) is 0 Å². The van der Waals surface area contributed by atoms with Gasteiger partial charge in [0, 0.05) is 30.9 Å². The predicted octanol–water partition coefficient (Wildman–Crippen LogP) is 3.74. The van der Waals surface area contributed by atoms with Crippen molar-refractivity contribution in [3.05, 3.63) is 52.1 Å². The van der Waals surface area contributed by atoms with Gasteiger partial charge in [-0.1, -0.05) is 0 Å². The molecule has 10 nitrogen and oxygen atoms in total. The third kappa shape index (κ3) is 5.55. The number of benzene rings is 2. The van der Waals surface area contributed by atoms with Crippen molar-refractivity contribution in [2.45, 2.75) is 19.0 Å². The Balaban J connectivity index is 1.29. The van der Waals surface area contributed by atoms with E-state index in [9.17, 15) is 32.9 Å². The standard InChI is InChI=1S/C22H20F3N3O7/c23-22(24,25)14-1-3-16(17(9-14)28(31)32)27-7-5-13(6-8-27)21(30)33-11-20(29)26-15-2-4-18-19(10-15)35-12-34-18/h1-4,9-10,13H,5-8,11-12H2,(H,26,29). The molecule has 2 aliphatic heterocycles. The molecule has 4 rings (SSSR count). The fraction of sp³-hybridized carbons (Fsp3) is 0.364. The summed E-state index contributed by atoms with van der Waals surface area (Å²) >= 11 is 0. The average molecular weight is 495 g/mol. The summed E-state index contributed by atoms with van der Waals surface area (Å²) in [7, 11) is 0. The Morgan fingerprint density at radius 1 is 1.11 bits per heavy atom. The minimum absolute atomic E-state index is 0.0536. The van der Waals surface area contributed by atoms with Gasteiger partial charge >= 0.3 is 12.1 Å². The van der Waals surface area contributed by atoms with Crippen LogP contribution in [0, 0.1) is 16.0 Å². The van der Waals surface area contributed by atoms with Crippen molar-refractivity contribution in [1.82, 2.24) is 0 Å². The second-order valence-electron chi connectivity index (χ2n) is 7.94. The first kappa shape index (κ1) is 24.1. The van der Waals surface area contributed by atoms with Crippen LogP contribution in [0.3, 0.4) is 0 Å². The van der Waals surface area contributed by atoms with Crippen LogP contribution >= 0.6 is 0 Å². The molecule has 13 heteroatoms. The lowest BCUT2D eigenvalue weighted by Gasteiger charge is -2.32. The van der Waals surface area contributed by atoms with Crippen molar-refractivity contribution in [3.63, 3.8) is 0 Å². The molecule has 0 aliphatic carbocycles. The molecule has 186 valence electrons. The van der Waals surface area contributed by atoms with Crippen LogP contribution in [0.4, 0.5) is 30.2 Å². The Morgan fingerprint density at radius 2 is 1.83 bits per heavy atom. The zero-order chi connectivity index (χ0) is 25.2. The van der Waals surface area contributed by atoms with E-state index in [2.05, 4.69) is 5.32 Å². The summed E-state index contributed by atoms with van der Waals surface area (Å²) in [4.78, 5) is 36.6. The maximum Gasteiger partial charge on any atom is 0.416 e. The van der Waals surface area contributed by atoms with Crippen LogP contribution in [-0.4, -0.2) is 43.3 Å². The number of anilines is 2. The molecular formula is C22H20F3N3O7. The summed E-state index contributed by atoms with van der Waals surface area (Å²) in [5, 5.41) is 13.9. The number of carbonyl (C=O) groups excluding carboxylic acids is 2. The van der Waals surface area contributed by atoms with Crippen LogP contribution in [0.15, 0.2) is 36.4 Å². The van der Waals surface area contributed by atoms with Crippen molar-refractivity contribution in [2.24, 2.45) is 5.92 Å². The van der Waals surface area contributed by atoms with E-state index in [0.29, 0.717) is 23.3 Å². The number of nitrogens with zero attached hydrogens (tertiary/aromatic N) is 2. The Hall–Kier alpha value is -4.03. The Bertz CT molecular complexity index is 1150. The molecule has 35 heavy (non-hydrogen) atoms. The van der Waals surface area contributed by atoms with E-state index in [1.54, 1.807) is 23.1 Å². The molecule has 1 N–H and O–H groups in total. The molecule has 0 saturated carbocycles. The zero-order valence-electron chi connectivity index (χ0n) is 18.2. The number of hydrogen-bond acceptors (Lipinski definition) is 8. The van der Waals surface area contributed by atoms with Gasteiger partial charge < -0.3 is 24.4 Å². The lowest BCUT2D eigenvalue weighted by atomic mass is 9.96. The number of ether oxygens (including phenoxy) is 3. The van der Waals surface area contributed by atoms with Crippen LogP contribution in [-0.2, 0) is 20.5 Å². The zero-order valence-corrected chi connectivity index (χ0v) is 18.2. The number of amides is 1. The van der Waals surface area contributed by atoms with Crippen molar-refractivity contribution in [3.8, 4) is 11.5 Å². The van der Waals surface area contributed by atoms with Gasteiger partial charge in [-0.3, -0.25) is 19.7 Å². The van der Waals surface area contributed by atoms with Gasteiger partial charge in [-0.05, 0) is 37.1 Å². The van der Waals surface area contributed by atoms with Crippen molar-refractivity contribution in [1.29, 1.82) is 0 Å². The Labute approximate surface area is 196 Å². The Morgan fingerprint density at radius 3 is 2.51 bits per heavy atom. The lowest BCUT2D eigenvalue weighted by molar-refractivity contribution is -0.384. The number of esters is 1. The quantitative estimate of drug-likeness (QED) is 0.366. The summed E-state index contributed by atoms with van der Waals surface area (Å²) in [5.74, 6) is -0.636. The normalized spacial score (nSPS) is 15.6. The summed E-state index contributed by atoms with van der Waals surface area (Å²) < 4.78 is 54.3. The molecule has 0 spiro atoms. The smallest absolute Gasteiger partial charge is 0.416 e. The number of carbonyl (C=O) groups is 2. The topological polar surface area (TPSA) is 120 Å². The molecule has 0 atom stereocenters. The summed E-state index contributed by atoms with van der Waals surface area (Å²) in [5.41, 5.74) is -1.26. The van der Waals surface area contributed by atoms with Crippen LogP contribution in [0.5, 0.6) is 11.5 Å². The maximum atomic E-state index is 12.9. The van der Waals surface area contributed by atoms with Crippen LogP contribution in [0.1, 0.15) is 18.4 Å². The van der Waals surface area contributed by atoms with Gasteiger partial charge in [0.15, 0.2) is 18.1 Å². The molecule has 1 fully saturated rings. The molecule has 2 heterocycles. The molecule has 0 unspecified atom stereocenters. The van der Waals surface area contributed by atoms with Crippen molar-refractivity contribution < 1.29 is 41.9 Å².